The van der Waals surface area contributed by atoms with Crippen molar-refractivity contribution in [3.05, 3.63) is 65.4 Å². The van der Waals surface area contributed by atoms with Crippen molar-refractivity contribution in [3.8, 4) is 0 Å². The van der Waals surface area contributed by atoms with Gasteiger partial charge in [0.2, 0.25) is 0 Å². The van der Waals surface area contributed by atoms with Gasteiger partial charge in [0.15, 0.2) is 11.3 Å². The molecule has 3 saturated carbocycles. The Labute approximate surface area is 206 Å². The molecule has 0 saturated heterocycles. The standard InChI is InChI=1S/C18H20N4O5.C7H8FN/c1-27-16(26)17-3-6-18(7-4-17,8-5-17)21-14(23)12-10-11(15(24)25)20-13-2-9-19-22(12)13;8-7-3-1-6(5-9)2-4-7/h2,9-10H,3-8H2,1H3,(H,21,23)(H,24,25);1-4H,5,9H2. The number of hydrogen-bond acceptors (Lipinski definition) is 7. The van der Waals surface area contributed by atoms with Crippen molar-refractivity contribution < 1.29 is 28.6 Å². The molecule has 1 aromatic carbocycles. The SMILES string of the molecule is COC(=O)C12CCC(NC(=O)c3cc(C(=O)O)nc4ccnn34)(CC1)CC2.NCc1ccc(F)cc1. The predicted molar refractivity (Wildman–Crippen MR) is 127 cm³/mol. The summed E-state index contributed by atoms with van der Waals surface area (Å²) in [6, 6.07) is 8.95. The number of aromatic nitrogens is 3. The highest BCUT2D eigenvalue weighted by Gasteiger charge is 2.53. The van der Waals surface area contributed by atoms with Gasteiger partial charge in [-0.05, 0) is 56.2 Å². The second-order valence-electron chi connectivity index (χ2n) is 9.27. The first-order valence-electron chi connectivity index (χ1n) is 11.6. The van der Waals surface area contributed by atoms with Gasteiger partial charge in [0.25, 0.3) is 5.91 Å². The van der Waals surface area contributed by atoms with Crippen molar-refractivity contribution in [2.24, 2.45) is 11.1 Å². The summed E-state index contributed by atoms with van der Waals surface area (Å²) >= 11 is 0. The second-order valence-corrected chi connectivity index (χ2v) is 9.27. The lowest BCUT2D eigenvalue weighted by Crippen LogP contribution is -2.58. The lowest BCUT2D eigenvalue weighted by Gasteiger charge is -2.51. The molecule has 0 spiro atoms. The van der Waals surface area contributed by atoms with Crippen LogP contribution in [0.2, 0.25) is 0 Å². The number of hydrogen-bond donors (Lipinski definition) is 3. The Bertz CT molecular complexity index is 1270. The maximum atomic E-state index is 13.0. The number of carboxylic acid groups (broad SMARTS) is 1. The minimum absolute atomic E-state index is 0.132. The molecular formula is C25H28FN5O5. The summed E-state index contributed by atoms with van der Waals surface area (Å²) in [6.07, 6.45) is 5.55. The average Bonchev–Trinajstić information content (AvgIpc) is 3.38. The fourth-order valence-corrected chi connectivity index (χ4v) is 5.01. The number of aromatic carboxylic acids is 1. The number of carboxylic acids is 1. The molecule has 2 bridgehead atoms. The predicted octanol–water partition coefficient (Wildman–Crippen LogP) is 2.71. The van der Waals surface area contributed by atoms with Crippen LogP contribution in [-0.4, -0.2) is 50.2 Å². The number of amides is 1. The van der Waals surface area contributed by atoms with E-state index in [1.165, 1.54) is 36.0 Å². The van der Waals surface area contributed by atoms with Gasteiger partial charge in [-0.2, -0.15) is 5.10 Å². The molecule has 2 aromatic heterocycles. The maximum Gasteiger partial charge on any atom is 0.354 e. The minimum atomic E-state index is -1.20. The van der Waals surface area contributed by atoms with Gasteiger partial charge in [-0.1, -0.05) is 12.1 Å². The van der Waals surface area contributed by atoms with Crippen LogP contribution in [0.5, 0.6) is 0 Å². The first-order valence-corrected chi connectivity index (χ1v) is 11.6. The molecule has 4 N–H and O–H groups in total. The first-order chi connectivity index (χ1) is 17.2. The molecule has 3 aromatic rings. The molecular weight excluding hydrogens is 469 g/mol. The summed E-state index contributed by atoms with van der Waals surface area (Å²) in [7, 11) is 1.41. The molecule has 0 unspecified atom stereocenters. The summed E-state index contributed by atoms with van der Waals surface area (Å²) in [5.41, 5.74) is 5.64. The molecule has 11 heteroatoms. The van der Waals surface area contributed by atoms with Crippen LogP contribution in [0.15, 0.2) is 42.6 Å². The van der Waals surface area contributed by atoms with Crippen LogP contribution in [0.1, 0.15) is 65.1 Å². The number of esters is 1. The zero-order valence-electron chi connectivity index (χ0n) is 19.9. The fourth-order valence-electron chi connectivity index (χ4n) is 5.01. The Kier molecular flexibility index (Phi) is 7.02. The lowest BCUT2D eigenvalue weighted by molar-refractivity contribution is -0.160. The quantitative estimate of drug-likeness (QED) is 0.456. The second kappa shape index (κ2) is 10.0. The Morgan fingerprint density at radius 3 is 2.31 bits per heavy atom. The van der Waals surface area contributed by atoms with E-state index in [2.05, 4.69) is 15.4 Å². The monoisotopic (exact) mass is 497 g/mol. The van der Waals surface area contributed by atoms with E-state index in [9.17, 15) is 23.9 Å². The third kappa shape index (κ3) is 4.92. The third-order valence-corrected chi connectivity index (χ3v) is 7.20. The van der Waals surface area contributed by atoms with Gasteiger partial charge in [0.05, 0.1) is 18.7 Å². The average molecular weight is 498 g/mol. The highest BCUT2D eigenvalue weighted by molar-refractivity contribution is 5.96. The zero-order chi connectivity index (χ0) is 25.9. The minimum Gasteiger partial charge on any atom is -0.477 e. The number of nitrogens with one attached hydrogen (secondary N) is 1. The molecule has 10 nitrogen and oxygen atoms in total. The Morgan fingerprint density at radius 2 is 1.75 bits per heavy atom. The summed E-state index contributed by atoms with van der Waals surface area (Å²) < 4.78 is 18.5. The van der Waals surface area contributed by atoms with Gasteiger partial charge >= 0.3 is 11.9 Å². The van der Waals surface area contributed by atoms with Crippen LogP contribution in [-0.2, 0) is 16.1 Å². The number of nitrogens with zero attached hydrogens (tertiary/aromatic N) is 3. The van der Waals surface area contributed by atoms with Gasteiger partial charge in [-0.3, -0.25) is 9.59 Å². The van der Waals surface area contributed by atoms with Crippen molar-refractivity contribution in [2.75, 3.05) is 7.11 Å². The van der Waals surface area contributed by atoms with Gasteiger partial charge in [0.1, 0.15) is 11.5 Å². The smallest absolute Gasteiger partial charge is 0.354 e. The van der Waals surface area contributed by atoms with E-state index in [1.807, 2.05) is 0 Å². The van der Waals surface area contributed by atoms with Gasteiger partial charge in [-0.25, -0.2) is 18.7 Å². The summed E-state index contributed by atoms with van der Waals surface area (Å²) in [5, 5.41) is 16.4. The van der Waals surface area contributed by atoms with E-state index >= 15 is 0 Å². The molecule has 0 radical (unpaired) electrons. The highest BCUT2D eigenvalue weighted by Crippen LogP contribution is 2.52. The van der Waals surface area contributed by atoms with Crippen LogP contribution >= 0.6 is 0 Å². The Hall–Kier alpha value is -3.86. The number of carbonyl (C=O) groups excluding carboxylic acids is 2. The lowest BCUT2D eigenvalue weighted by atomic mass is 9.57. The van der Waals surface area contributed by atoms with Crippen LogP contribution in [0, 0.1) is 11.2 Å². The van der Waals surface area contributed by atoms with Crippen molar-refractivity contribution in [3.63, 3.8) is 0 Å². The molecule has 0 aliphatic heterocycles. The van der Waals surface area contributed by atoms with Crippen LogP contribution in [0.4, 0.5) is 4.39 Å². The largest absolute Gasteiger partial charge is 0.477 e. The van der Waals surface area contributed by atoms with Crippen molar-refractivity contribution in [2.45, 2.75) is 50.6 Å². The third-order valence-electron chi connectivity index (χ3n) is 7.20. The van der Waals surface area contributed by atoms with Gasteiger partial charge < -0.3 is 20.9 Å². The Morgan fingerprint density at radius 1 is 1.11 bits per heavy atom. The molecule has 36 heavy (non-hydrogen) atoms. The number of nitrogens with two attached hydrogens (primary N) is 1. The fraction of sp³-hybridized carbons (Fsp3) is 0.400. The molecule has 3 fully saturated rings. The van der Waals surface area contributed by atoms with E-state index in [4.69, 9.17) is 10.5 Å². The van der Waals surface area contributed by atoms with Crippen LogP contribution in [0.25, 0.3) is 5.65 Å². The van der Waals surface area contributed by atoms with Crippen LogP contribution < -0.4 is 11.1 Å². The van der Waals surface area contributed by atoms with Gasteiger partial charge in [0, 0.05) is 24.2 Å². The number of ether oxygens (including phenoxy) is 1. The first kappa shape index (κ1) is 25.2. The number of carbonyl (C=O) groups is 3. The number of rotatable bonds is 5. The van der Waals surface area contributed by atoms with E-state index in [0.717, 1.165) is 5.56 Å². The molecule has 3 aliphatic carbocycles. The molecule has 3 aliphatic rings. The normalized spacial score (nSPS) is 22.4. The maximum absolute atomic E-state index is 13.0. The number of methoxy groups -OCH3 is 1. The number of benzene rings is 1. The van der Waals surface area contributed by atoms with Crippen LogP contribution in [0.3, 0.4) is 0 Å². The van der Waals surface area contributed by atoms with Crippen molar-refractivity contribution >= 4 is 23.5 Å². The number of fused-ring (bicyclic) bond motifs is 4. The Balaban J connectivity index is 0.000000286. The van der Waals surface area contributed by atoms with E-state index in [1.54, 1.807) is 18.2 Å². The van der Waals surface area contributed by atoms with E-state index in [-0.39, 0.29) is 34.6 Å². The molecule has 1 amide bonds. The molecule has 0 atom stereocenters. The zero-order valence-corrected chi connectivity index (χ0v) is 19.9. The summed E-state index contributed by atoms with van der Waals surface area (Å²) in [6.45, 7) is 0.472. The van der Waals surface area contributed by atoms with E-state index < -0.39 is 11.4 Å². The molecule has 6 rings (SSSR count). The van der Waals surface area contributed by atoms with E-state index in [0.29, 0.717) is 50.7 Å². The van der Waals surface area contributed by atoms with Gasteiger partial charge in [-0.15, -0.1) is 0 Å². The summed E-state index contributed by atoms with van der Waals surface area (Å²) in [5.74, 6) is -1.97. The molecule has 2 heterocycles. The topological polar surface area (TPSA) is 149 Å². The molecule has 190 valence electrons. The highest BCUT2D eigenvalue weighted by atomic mass is 19.1. The number of halogens is 1. The van der Waals surface area contributed by atoms with Crippen molar-refractivity contribution in [1.29, 1.82) is 0 Å². The van der Waals surface area contributed by atoms with Crippen molar-refractivity contribution in [1.82, 2.24) is 19.9 Å². The summed E-state index contributed by atoms with van der Waals surface area (Å²) in [4.78, 5) is 40.4.